The molecule has 6 heteroatoms. The SMILES string of the molecule is O=S(=O)(CCNC[C@H]1CN(C2CC2)CCO1)c1ccccc1. The van der Waals surface area contributed by atoms with Gasteiger partial charge in [0.25, 0.3) is 0 Å². The fourth-order valence-corrected chi connectivity index (χ4v) is 4.07. The van der Waals surface area contributed by atoms with Crippen LogP contribution in [0.3, 0.4) is 0 Å². The van der Waals surface area contributed by atoms with Gasteiger partial charge in [-0.1, -0.05) is 18.2 Å². The Labute approximate surface area is 132 Å². The van der Waals surface area contributed by atoms with E-state index < -0.39 is 9.84 Å². The molecule has 3 rings (SSSR count). The lowest BCUT2D eigenvalue weighted by molar-refractivity contribution is -0.0297. The number of hydrogen-bond acceptors (Lipinski definition) is 5. The van der Waals surface area contributed by atoms with E-state index in [1.54, 1.807) is 24.3 Å². The van der Waals surface area contributed by atoms with Crippen molar-refractivity contribution in [2.75, 3.05) is 38.5 Å². The van der Waals surface area contributed by atoms with Crippen LogP contribution < -0.4 is 5.32 Å². The molecule has 1 atom stereocenters. The average molecular weight is 324 g/mol. The molecule has 1 heterocycles. The van der Waals surface area contributed by atoms with Gasteiger partial charge >= 0.3 is 0 Å². The molecule has 2 aliphatic rings. The summed E-state index contributed by atoms with van der Waals surface area (Å²) in [7, 11) is -3.19. The van der Waals surface area contributed by atoms with Crippen LogP contribution in [0.15, 0.2) is 35.2 Å². The summed E-state index contributed by atoms with van der Waals surface area (Å²) >= 11 is 0. The molecule has 1 aromatic rings. The highest BCUT2D eigenvalue weighted by atomic mass is 32.2. The number of hydrogen-bond donors (Lipinski definition) is 1. The molecule has 2 fully saturated rings. The number of nitrogens with zero attached hydrogens (tertiary/aromatic N) is 1. The maximum atomic E-state index is 12.2. The number of sulfone groups is 1. The molecule has 1 aliphatic carbocycles. The summed E-state index contributed by atoms with van der Waals surface area (Å²) in [6.45, 7) is 3.95. The first-order chi connectivity index (χ1) is 10.6. The number of ether oxygens (including phenoxy) is 1. The van der Waals surface area contributed by atoms with Crippen molar-refractivity contribution in [1.29, 1.82) is 0 Å². The zero-order valence-electron chi connectivity index (χ0n) is 12.8. The molecule has 1 saturated carbocycles. The summed E-state index contributed by atoms with van der Waals surface area (Å²) in [4.78, 5) is 2.89. The van der Waals surface area contributed by atoms with E-state index in [1.807, 2.05) is 6.07 Å². The molecule has 122 valence electrons. The molecule has 22 heavy (non-hydrogen) atoms. The van der Waals surface area contributed by atoms with Gasteiger partial charge in [-0.2, -0.15) is 0 Å². The van der Waals surface area contributed by atoms with Gasteiger partial charge in [-0.05, 0) is 25.0 Å². The number of morpholine rings is 1. The summed E-state index contributed by atoms with van der Waals surface area (Å²) in [5.41, 5.74) is 0. The van der Waals surface area contributed by atoms with Crippen molar-refractivity contribution in [2.24, 2.45) is 0 Å². The lowest BCUT2D eigenvalue weighted by Gasteiger charge is -2.33. The smallest absolute Gasteiger partial charge is 0.179 e. The van der Waals surface area contributed by atoms with Crippen molar-refractivity contribution in [2.45, 2.75) is 29.9 Å². The lowest BCUT2D eigenvalue weighted by atomic mass is 10.2. The maximum absolute atomic E-state index is 12.2. The second kappa shape index (κ2) is 7.08. The van der Waals surface area contributed by atoms with Crippen LogP contribution in [-0.4, -0.2) is 64.0 Å². The Kier molecular flexibility index (Phi) is 5.13. The third-order valence-corrected chi connectivity index (χ3v) is 5.99. The minimum absolute atomic E-state index is 0.121. The first-order valence-corrected chi connectivity index (χ1v) is 9.64. The standard InChI is InChI=1S/C16H24N2O3S/c19-22(20,16-4-2-1-3-5-16)11-8-17-12-15-13-18(9-10-21-15)14-6-7-14/h1-5,14-15,17H,6-13H2/t15-/m0/s1. The Balaban J connectivity index is 1.40. The van der Waals surface area contributed by atoms with E-state index in [0.717, 1.165) is 25.7 Å². The number of rotatable bonds is 7. The maximum Gasteiger partial charge on any atom is 0.179 e. The van der Waals surface area contributed by atoms with Gasteiger partial charge in [0.2, 0.25) is 0 Å². The van der Waals surface area contributed by atoms with Gasteiger partial charge in [-0.15, -0.1) is 0 Å². The highest BCUT2D eigenvalue weighted by Crippen LogP contribution is 2.28. The normalized spacial score (nSPS) is 23.5. The second-order valence-electron chi connectivity index (χ2n) is 6.05. The summed E-state index contributed by atoms with van der Waals surface area (Å²) in [5, 5.41) is 3.23. The van der Waals surface area contributed by atoms with E-state index in [2.05, 4.69) is 10.2 Å². The molecular formula is C16H24N2O3S. The molecule has 0 bridgehead atoms. The van der Waals surface area contributed by atoms with Gasteiger partial charge < -0.3 is 10.1 Å². The van der Waals surface area contributed by atoms with Crippen molar-refractivity contribution in [3.8, 4) is 0 Å². The third kappa shape index (κ3) is 4.29. The van der Waals surface area contributed by atoms with Crippen LogP contribution in [0.4, 0.5) is 0 Å². The quantitative estimate of drug-likeness (QED) is 0.756. The van der Waals surface area contributed by atoms with E-state index >= 15 is 0 Å². The van der Waals surface area contributed by atoms with Crippen LogP contribution in [0, 0.1) is 0 Å². The molecule has 1 N–H and O–H groups in total. The monoisotopic (exact) mass is 324 g/mol. The van der Waals surface area contributed by atoms with Crippen LogP contribution in [0.25, 0.3) is 0 Å². The van der Waals surface area contributed by atoms with Crippen molar-refractivity contribution < 1.29 is 13.2 Å². The summed E-state index contributed by atoms with van der Waals surface area (Å²) in [5.74, 6) is 0.121. The third-order valence-electron chi connectivity index (χ3n) is 4.26. The fourth-order valence-electron chi connectivity index (χ4n) is 2.85. The number of nitrogens with one attached hydrogen (secondary N) is 1. The second-order valence-corrected chi connectivity index (χ2v) is 8.16. The molecule has 0 aromatic heterocycles. The van der Waals surface area contributed by atoms with E-state index in [4.69, 9.17) is 4.74 Å². The Morgan fingerprint density at radius 3 is 2.73 bits per heavy atom. The Hall–Kier alpha value is -0.950. The van der Waals surface area contributed by atoms with Crippen LogP contribution in [-0.2, 0) is 14.6 Å². The van der Waals surface area contributed by atoms with Crippen molar-refractivity contribution in [3.63, 3.8) is 0 Å². The average Bonchev–Trinajstić information content (AvgIpc) is 3.38. The highest BCUT2D eigenvalue weighted by molar-refractivity contribution is 7.91. The molecule has 1 aromatic carbocycles. The molecule has 1 aliphatic heterocycles. The largest absolute Gasteiger partial charge is 0.374 e. The zero-order chi connectivity index (χ0) is 15.4. The summed E-state index contributed by atoms with van der Waals surface area (Å²) in [6, 6.07) is 9.39. The van der Waals surface area contributed by atoms with Crippen molar-refractivity contribution in [1.82, 2.24) is 10.2 Å². The highest BCUT2D eigenvalue weighted by Gasteiger charge is 2.32. The van der Waals surface area contributed by atoms with Crippen LogP contribution >= 0.6 is 0 Å². The van der Waals surface area contributed by atoms with Gasteiger partial charge in [-0.25, -0.2) is 8.42 Å². The molecular weight excluding hydrogens is 300 g/mol. The van der Waals surface area contributed by atoms with Gasteiger partial charge in [0.1, 0.15) is 0 Å². The lowest BCUT2D eigenvalue weighted by Crippen LogP contribution is -2.47. The first-order valence-electron chi connectivity index (χ1n) is 7.99. The van der Waals surface area contributed by atoms with Crippen LogP contribution in [0.2, 0.25) is 0 Å². The molecule has 0 amide bonds. The molecule has 5 nitrogen and oxygen atoms in total. The van der Waals surface area contributed by atoms with Crippen molar-refractivity contribution in [3.05, 3.63) is 30.3 Å². The minimum Gasteiger partial charge on any atom is -0.374 e. The Morgan fingerprint density at radius 2 is 2.00 bits per heavy atom. The van der Waals surface area contributed by atoms with E-state index in [0.29, 0.717) is 18.0 Å². The topological polar surface area (TPSA) is 58.6 Å². The van der Waals surface area contributed by atoms with Crippen molar-refractivity contribution >= 4 is 9.84 Å². The van der Waals surface area contributed by atoms with E-state index in [-0.39, 0.29) is 11.9 Å². The predicted molar refractivity (Wildman–Crippen MR) is 85.7 cm³/mol. The molecule has 0 radical (unpaired) electrons. The first kappa shape index (κ1) is 15.9. The minimum atomic E-state index is -3.19. The van der Waals surface area contributed by atoms with Crippen LogP contribution in [0.1, 0.15) is 12.8 Å². The summed E-state index contributed by atoms with van der Waals surface area (Å²) < 4.78 is 30.1. The molecule has 0 spiro atoms. The van der Waals surface area contributed by atoms with Gasteiger partial charge in [-0.3, -0.25) is 4.90 Å². The fraction of sp³-hybridized carbons (Fsp3) is 0.625. The summed E-state index contributed by atoms with van der Waals surface area (Å²) in [6.07, 6.45) is 2.80. The molecule has 0 unspecified atom stereocenters. The van der Waals surface area contributed by atoms with E-state index in [1.165, 1.54) is 12.8 Å². The number of benzene rings is 1. The van der Waals surface area contributed by atoms with Crippen LogP contribution in [0.5, 0.6) is 0 Å². The predicted octanol–water partition coefficient (Wildman–Crippen LogP) is 0.913. The Bertz CT molecular complexity index is 572. The van der Waals surface area contributed by atoms with Gasteiger partial charge in [0.05, 0.1) is 23.4 Å². The van der Waals surface area contributed by atoms with E-state index in [9.17, 15) is 8.42 Å². The zero-order valence-corrected chi connectivity index (χ0v) is 13.6. The van der Waals surface area contributed by atoms with Gasteiger partial charge in [0, 0.05) is 32.2 Å². The Morgan fingerprint density at radius 1 is 1.23 bits per heavy atom. The van der Waals surface area contributed by atoms with Gasteiger partial charge in [0.15, 0.2) is 9.84 Å². The molecule has 1 saturated heterocycles.